The zero-order valence-electron chi connectivity index (χ0n) is 14.2. The van der Waals surface area contributed by atoms with Gasteiger partial charge in [-0.05, 0) is 26.7 Å². The normalized spacial score (nSPS) is 10.8. The number of aryl methyl sites for hydroxylation is 2. The Kier molecular flexibility index (Phi) is 7.73. The second kappa shape index (κ2) is 9.80. The second-order valence-electron chi connectivity index (χ2n) is 5.64. The van der Waals surface area contributed by atoms with Gasteiger partial charge in [0.1, 0.15) is 5.75 Å². The fourth-order valence-electron chi connectivity index (χ4n) is 2.46. The van der Waals surface area contributed by atoms with Crippen LogP contribution in [0.3, 0.4) is 0 Å². The number of nitrogens with zero attached hydrogens (tertiary/aromatic N) is 2. The Morgan fingerprint density at radius 1 is 1.04 bits per heavy atom. The van der Waals surface area contributed by atoms with Crippen molar-refractivity contribution in [2.24, 2.45) is 0 Å². The number of hydrogen-bond donors (Lipinski definition) is 0. The maximum Gasteiger partial charge on any atom is 0.156 e. The molecule has 0 aliphatic heterocycles. The molecule has 0 fully saturated rings. The van der Waals surface area contributed by atoms with Gasteiger partial charge in [0.15, 0.2) is 5.75 Å². The van der Waals surface area contributed by atoms with Crippen LogP contribution in [0.25, 0.3) is 0 Å². The molecule has 0 unspecified atom stereocenters. The van der Waals surface area contributed by atoms with E-state index < -0.39 is 0 Å². The van der Waals surface area contributed by atoms with Crippen molar-refractivity contribution in [1.29, 1.82) is 0 Å². The Hall–Kier alpha value is -1.39. The van der Waals surface area contributed by atoms with E-state index in [1.807, 2.05) is 19.4 Å². The molecule has 1 heterocycles. The first-order chi connectivity index (χ1) is 11.6. The Balaban J connectivity index is 1.66. The molecule has 0 amide bonds. The standard InChI is InChI=1S/C18H24Cl2N2O2/c1-3-23-15-10-16(19)18(17(20)11-15)24-9-7-5-4-6-8-22-13-21-12-14(22)2/h10-13H,3-9H2,1-2H3. The summed E-state index contributed by atoms with van der Waals surface area (Å²) in [7, 11) is 0. The van der Waals surface area contributed by atoms with Gasteiger partial charge in [-0.2, -0.15) is 0 Å². The fourth-order valence-corrected chi connectivity index (χ4v) is 3.03. The molecule has 0 aliphatic rings. The smallest absolute Gasteiger partial charge is 0.156 e. The number of rotatable bonds is 10. The van der Waals surface area contributed by atoms with Gasteiger partial charge in [-0.1, -0.05) is 36.0 Å². The molecule has 0 aliphatic carbocycles. The van der Waals surface area contributed by atoms with E-state index in [-0.39, 0.29) is 0 Å². The molecule has 1 aromatic carbocycles. The maximum atomic E-state index is 6.21. The highest BCUT2D eigenvalue weighted by molar-refractivity contribution is 6.37. The van der Waals surface area contributed by atoms with Gasteiger partial charge in [0.2, 0.25) is 0 Å². The van der Waals surface area contributed by atoms with Gasteiger partial charge >= 0.3 is 0 Å². The largest absolute Gasteiger partial charge is 0.494 e. The minimum absolute atomic E-state index is 0.488. The van der Waals surface area contributed by atoms with Gasteiger partial charge in [0.25, 0.3) is 0 Å². The number of halogens is 2. The van der Waals surface area contributed by atoms with Gasteiger partial charge in [0, 0.05) is 30.6 Å². The lowest BCUT2D eigenvalue weighted by Gasteiger charge is -2.12. The molecule has 0 spiro atoms. The summed E-state index contributed by atoms with van der Waals surface area (Å²) in [5.74, 6) is 1.20. The Morgan fingerprint density at radius 3 is 2.38 bits per heavy atom. The Morgan fingerprint density at radius 2 is 1.75 bits per heavy atom. The van der Waals surface area contributed by atoms with Gasteiger partial charge < -0.3 is 14.0 Å². The monoisotopic (exact) mass is 370 g/mol. The number of hydrogen-bond acceptors (Lipinski definition) is 3. The van der Waals surface area contributed by atoms with E-state index in [1.54, 1.807) is 12.1 Å². The summed E-state index contributed by atoms with van der Waals surface area (Å²) < 4.78 is 13.3. The van der Waals surface area contributed by atoms with Crippen molar-refractivity contribution >= 4 is 23.2 Å². The number of imidazole rings is 1. The van der Waals surface area contributed by atoms with Crippen molar-refractivity contribution in [3.63, 3.8) is 0 Å². The summed E-state index contributed by atoms with van der Waals surface area (Å²) in [5, 5.41) is 0.975. The maximum absolute atomic E-state index is 6.21. The quantitative estimate of drug-likeness (QED) is 0.515. The first kappa shape index (κ1) is 18.9. The van der Waals surface area contributed by atoms with Crippen LogP contribution in [0.4, 0.5) is 0 Å². The minimum atomic E-state index is 0.488. The molecular weight excluding hydrogens is 347 g/mol. The number of benzene rings is 1. The molecule has 6 heteroatoms. The minimum Gasteiger partial charge on any atom is -0.494 e. The summed E-state index contributed by atoms with van der Waals surface area (Å²) in [4.78, 5) is 4.13. The zero-order valence-corrected chi connectivity index (χ0v) is 15.7. The van der Waals surface area contributed by atoms with Crippen molar-refractivity contribution in [1.82, 2.24) is 9.55 Å². The van der Waals surface area contributed by atoms with Crippen molar-refractivity contribution in [2.45, 2.75) is 46.1 Å². The molecular formula is C18H24Cl2N2O2. The molecule has 0 bridgehead atoms. The highest BCUT2D eigenvalue weighted by Gasteiger charge is 2.10. The molecule has 24 heavy (non-hydrogen) atoms. The first-order valence-corrected chi connectivity index (χ1v) is 9.08. The Labute approximate surface area is 153 Å². The zero-order chi connectivity index (χ0) is 17.4. The lowest BCUT2D eigenvalue weighted by Crippen LogP contribution is -2.01. The highest BCUT2D eigenvalue weighted by Crippen LogP contribution is 2.37. The molecule has 0 saturated carbocycles. The average Bonchev–Trinajstić information content (AvgIpc) is 2.94. The number of unbranched alkanes of at least 4 members (excludes halogenated alkanes) is 3. The summed E-state index contributed by atoms with van der Waals surface area (Å²) in [5.41, 5.74) is 1.21. The summed E-state index contributed by atoms with van der Waals surface area (Å²) >= 11 is 12.4. The van der Waals surface area contributed by atoms with Crippen molar-refractivity contribution in [3.8, 4) is 11.5 Å². The van der Waals surface area contributed by atoms with Crippen LogP contribution in [0.5, 0.6) is 11.5 Å². The van der Waals surface area contributed by atoms with Crippen molar-refractivity contribution in [3.05, 3.63) is 40.4 Å². The van der Waals surface area contributed by atoms with Gasteiger partial charge in [-0.3, -0.25) is 0 Å². The molecule has 0 saturated heterocycles. The summed E-state index contributed by atoms with van der Waals surface area (Å²) in [6.45, 7) is 6.19. The van der Waals surface area contributed by atoms with E-state index in [1.165, 1.54) is 5.69 Å². The second-order valence-corrected chi connectivity index (χ2v) is 6.45. The van der Waals surface area contributed by atoms with E-state index in [0.717, 1.165) is 32.2 Å². The molecule has 2 rings (SSSR count). The van der Waals surface area contributed by atoms with Crippen LogP contribution in [-0.2, 0) is 6.54 Å². The van der Waals surface area contributed by atoms with Crippen molar-refractivity contribution < 1.29 is 9.47 Å². The lowest BCUT2D eigenvalue weighted by molar-refractivity contribution is 0.302. The van der Waals surface area contributed by atoms with Crippen LogP contribution in [-0.4, -0.2) is 22.8 Å². The van der Waals surface area contributed by atoms with Gasteiger partial charge in [-0.25, -0.2) is 4.98 Å². The third-order valence-corrected chi connectivity index (χ3v) is 4.30. The third-order valence-electron chi connectivity index (χ3n) is 3.74. The number of aromatic nitrogens is 2. The molecule has 0 N–H and O–H groups in total. The topological polar surface area (TPSA) is 36.3 Å². The predicted octanol–water partition coefficient (Wildman–Crippen LogP) is 5.54. The number of ether oxygens (including phenoxy) is 2. The average molecular weight is 371 g/mol. The van der Waals surface area contributed by atoms with Crippen LogP contribution in [0.2, 0.25) is 10.0 Å². The molecule has 4 nitrogen and oxygen atoms in total. The van der Waals surface area contributed by atoms with Crippen LogP contribution < -0.4 is 9.47 Å². The van der Waals surface area contributed by atoms with E-state index in [9.17, 15) is 0 Å². The van der Waals surface area contributed by atoms with Crippen molar-refractivity contribution in [2.75, 3.05) is 13.2 Å². The first-order valence-electron chi connectivity index (χ1n) is 8.33. The fraction of sp³-hybridized carbons (Fsp3) is 0.500. The molecule has 132 valence electrons. The van der Waals surface area contributed by atoms with E-state index in [2.05, 4.69) is 16.5 Å². The summed E-state index contributed by atoms with van der Waals surface area (Å²) in [6, 6.07) is 3.47. The lowest BCUT2D eigenvalue weighted by atomic mass is 10.2. The molecule has 0 atom stereocenters. The molecule has 2 aromatic rings. The van der Waals surface area contributed by atoms with Gasteiger partial charge in [-0.15, -0.1) is 0 Å². The SMILES string of the molecule is CCOc1cc(Cl)c(OCCCCCCn2cncc2C)c(Cl)c1. The van der Waals surface area contributed by atoms with E-state index >= 15 is 0 Å². The van der Waals surface area contributed by atoms with Crippen LogP contribution in [0.1, 0.15) is 38.3 Å². The Bertz CT molecular complexity index is 621. The van der Waals surface area contributed by atoms with Gasteiger partial charge in [0.05, 0.1) is 29.6 Å². The third kappa shape index (κ3) is 5.60. The predicted molar refractivity (Wildman–Crippen MR) is 98.6 cm³/mol. The van der Waals surface area contributed by atoms with E-state index in [0.29, 0.717) is 34.8 Å². The van der Waals surface area contributed by atoms with E-state index in [4.69, 9.17) is 32.7 Å². The summed E-state index contributed by atoms with van der Waals surface area (Å²) in [6.07, 6.45) is 8.16. The highest BCUT2D eigenvalue weighted by atomic mass is 35.5. The molecule has 1 aromatic heterocycles. The van der Waals surface area contributed by atoms with Crippen LogP contribution in [0, 0.1) is 6.92 Å². The van der Waals surface area contributed by atoms with Crippen LogP contribution >= 0.6 is 23.2 Å². The van der Waals surface area contributed by atoms with Crippen LogP contribution in [0.15, 0.2) is 24.7 Å². The molecule has 0 radical (unpaired) electrons.